The van der Waals surface area contributed by atoms with E-state index in [1.807, 2.05) is 0 Å². The highest BCUT2D eigenvalue weighted by Gasteiger charge is 2.15. The van der Waals surface area contributed by atoms with Gasteiger partial charge in [0.25, 0.3) is 5.91 Å². The van der Waals surface area contributed by atoms with E-state index in [1.54, 1.807) is 38.2 Å². The molecule has 0 aliphatic rings. The smallest absolute Gasteiger partial charge is 0.387 e. The molecule has 0 aliphatic heterocycles. The van der Waals surface area contributed by atoms with Crippen LogP contribution in [0.1, 0.15) is 21.5 Å². The van der Waals surface area contributed by atoms with Gasteiger partial charge in [0.1, 0.15) is 5.75 Å². The van der Waals surface area contributed by atoms with Crippen LogP contribution in [-0.2, 0) is 16.6 Å². The van der Waals surface area contributed by atoms with Gasteiger partial charge in [-0.15, -0.1) is 0 Å². The van der Waals surface area contributed by atoms with Crippen LogP contribution in [0, 0.1) is 6.92 Å². The van der Waals surface area contributed by atoms with Crippen LogP contribution in [0.4, 0.5) is 14.5 Å². The van der Waals surface area contributed by atoms with E-state index in [9.17, 15) is 22.0 Å². The molecular formula is C18H20F2N2O4S. The van der Waals surface area contributed by atoms with Gasteiger partial charge in [-0.05, 0) is 42.3 Å². The van der Waals surface area contributed by atoms with Gasteiger partial charge in [-0.25, -0.2) is 8.42 Å². The third kappa shape index (κ3) is 6.21. The van der Waals surface area contributed by atoms with Crippen LogP contribution in [0.2, 0.25) is 0 Å². The van der Waals surface area contributed by atoms with Crippen LogP contribution in [0.25, 0.3) is 0 Å². The molecule has 2 aromatic carbocycles. The first-order chi connectivity index (χ1) is 12.5. The van der Waals surface area contributed by atoms with Gasteiger partial charge in [-0.1, -0.05) is 18.2 Å². The van der Waals surface area contributed by atoms with Gasteiger partial charge in [0.15, 0.2) is 0 Å². The highest BCUT2D eigenvalue weighted by Crippen LogP contribution is 2.20. The van der Waals surface area contributed by atoms with E-state index in [2.05, 4.69) is 9.46 Å². The SMILES string of the molecule is Cc1ccc(C(=O)N(C)Cc2ccc(OC(F)F)cc2)cc1NS(C)(=O)=O. The average Bonchev–Trinajstić information content (AvgIpc) is 2.56. The van der Waals surface area contributed by atoms with Crippen LogP contribution in [0.5, 0.6) is 5.75 Å². The molecule has 146 valence electrons. The highest BCUT2D eigenvalue weighted by molar-refractivity contribution is 7.92. The highest BCUT2D eigenvalue weighted by atomic mass is 32.2. The summed E-state index contributed by atoms with van der Waals surface area (Å²) in [5.41, 5.74) is 2.08. The lowest BCUT2D eigenvalue weighted by Gasteiger charge is -2.18. The quantitative estimate of drug-likeness (QED) is 0.777. The molecule has 0 spiro atoms. The maximum absolute atomic E-state index is 12.6. The standard InChI is InChI=1S/C18H20F2N2O4S/c1-12-4-7-14(10-16(12)21-27(3,24)25)17(23)22(2)11-13-5-8-15(9-6-13)26-18(19)20/h4-10,18,21H,11H2,1-3H3. The molecule has 0 saturated heterocycles. The first kappa shape index (κ1) is 20.6. The normalized spacial score (nSPS) is 11.3. The lowest BCUT2D eigenvalue weighted by atomic mass is 10.1. The minimum absolute atomic E-state index is 0.0396. The van der Waals surface area contributed by atoms with Crippen molar-refractivity contribution in [3.8, 4) is 5.75 Å². The Morgan fingerprint density at radius 1 is 1.19 bits per heavy atom. The minimum atomic E-state index is -3.46. The van der Waals surface area contributed by atoms with Crippen molar-refractivity contribution in [1.82, 2.24) is 4.90 Å². The van der Waals surface area contributed by atoms with E-state index >= 15 is 0 Å². The number of hydrogen-bond acceptors (Lipinski definition) is 4. The second kappa shape index (κ2) is 8.34. The van der Waals surface area contributed by atoms with E-state index in [-0.39, 0.29) is 18.2 Å². The zero-order valence-electron chi connectivity index (χ0n) is 15.1. The summed E-state index contributed by atoms with van der Waals surface area (Å²) in [5.74, 6) is -0.266. The average molecular weight is 398 g/mol. The summed E-state index contributed by atoms with van der Waals surface area (Å²) in [7, 11) is -1.87. The molecule has 9 heteroatoms. The number of nitrogens with zero attached hydrogens (tertiary/aromatic N) is 1. The van der Waals surface area contributed by atoms with Crippen LogP contribution in [-0.4, -0.2) is 39.1 Å². The van der Waals surface area contributed by atoms with Crippen molar-refractivity contribution in [2.75, 3.05) is 18.0 Å². The Morgan fingerprint density at radius 3 is 2.37 bits per heavy atom. The molecule has 0 unspecified atom stereocenters. The fraction of sp³-hybridized carbons (Fsp3) is 0.278. The Bertz CT molecular complexity index is 915. The topological polar surface area (TPSA) is 75.7 Å². The molecule has 2 rings (SSSR count). The molecule has 6 nitrogen and oxygen atoms in total. The first-order valence-electron chi connectivity index (χ1n) is 7.93. The number of anilines is 1. The number of carbonyl (C=O) groups excluding carboxylic acids is 1. The zero-order chi connectivity index (χ0) is 20.2. The van der Waals surface area contributed by atoms with Gasteiger partial charge < -0.3 is 9.64 Å². The minimum Gasteiger partial charge on any atom is -0.435 e. The number of carbonyl (C=O) groups is 1. The first-order valence-corrected chi connectivity index (χ1v) is 9.82. The van der Waals surface area contributed by atoms with Crippen LogP contribution >= 0.6 is 0 Å². The number of sulfonamides is 1. The predicted octanol–water partition coefficient (Wildman–Crippen LogP) is 3.24. The fourth-order valence-corrected chi connectivity index (χ4v) is 3.03. The maximum atomic E-state index is 12.6. The predicted molar refractivity (Wildman–Crippen MR) is 98.5 cm³/mol. The maximum Gasteiger partial charge on any atom is 0.387 e. The Hall–Kier alpha value is -2.68. The molecule has 0 aliphatic carbocycles. The van der Waals surface area contributed by atoms with Crippen molar-refractivity contribution < 1.29 is 26.7 Å². The number of halogens is 2. The number of aryl methyl sites for hydroxylation is 1. The summed E-state index contributed by atoms with van der Waals surface area (Å²) in [6.07, 6.45) is 1.04. The van der Waals surface area contributed by atoms with Gasteiger partial charge in [-0.3, -0.25) is 9.52 Å². The summed E-state index contributed by atoms with van der Waals surface area (Å²) >= 11 is 0. The third-order valence-electron chi connectivity index (χ3n) is 3.69. The van der Waals surface area contributed by atoms with Crippen molar-refractivity contribution in [2.24, 2.45) is 0 Å². The number of rotatable bonds is 7. The van der Waals surface area contributed by atoms with Gasteiger partial charge >= 0.3 is 6.61 Å². The Balaban J connectivity index is 2.11. The Morgan fingerprint density at radius 2 is 1.81 bits per heavy atom. The van der Waals surface area contributed by atoms with Gasteiger partial charge in [-0.2, -0.15) is 8.78 Å². The fourth-order valence-electron chi connectivity index (χ4n) is 2.41. The van der Waals surface area contributed by atoms with Crippen molar-refractivity contribution in [1.29, 1.82) is 0 Å². The summed E-state index contributed by atoms with van der Waals surface area (Å²) < 4.78 is 53.9. The molecule has 0 fully saturated rings. The number of ether oxygens (including phenoxy) is 1. The van der Waals surface area contributed by atoms with E-state index in [1.165, 1.54) is 23.1 Å². The second-order valence-corrected chi connectivity index (χ2v) is 7.84. The third-order valence-corrected chi connectivity index (χ3v) is 4.29. The lowest BCUT2D eigenvalue weighted by Crippen LogP contribution is -2.26. The van der Waals surface area contributed by atoms with Crippen molar-refractivity contribution in [3.05, 3.63) is 59.2 Å². The van der Waals surface area contributed by atoms with Crippen LogP contribution in [0.15, 0.2) is 42.5 Å². The molecule has 0 radical (unpaired) electrons. The summed E-state index contributed by atoms with van der Waals surface area (Å²) in [4.78, 5) is 14.1. The number of amides is 1. The van der Waals surface area contributed by atoms with Crippen molar-refractivity contribution in [2.45, 2.75) is 20.1 Å². The van der Waals surface area contributed by atoms with E-state index in [4.69, 9.17) is 0 Å². The van der Waals surface area contributed by atoms with Crippen LogP contribution in [0.3, 0.4) is 0 Å². The molecule has 0 saturated carbocycles. The zero-order valence-corrected chi connectivity index (χ0v) is 15.9. The number of alkyl halides is 2. The molecule has 0 atom stereocenters. The van der Waals surface area contributed by atoms with Crippen molar-refractivity contribution >= 4 is 21.6 Å². The molecular weight excluding hydrogens is 378 g/mol. The lowest BCUT2D eigenvalue weighted by molar-refractivity contribution is -0.0498. The molecule has 2 aromatic rings. The molecule has 27 heavy (non-hydrogen) atoms. The molecule has 1 amide bonds. The van der Waals surface area contributed by atoms with E-state index < -0.39 is 16.6 Å². The van der Waals surface area contributed by atoms with Gasteiger partial charge in [0.05, 0.1) is 11.9 Å². The van der Waals surface area contributed by atoms with E-state index in [0.29, 0.717) is 16.8 Å². The molecule has 1 N–H and O–H groups in total. The molecule has 0 aromatic heterocycles. The van der Waals surface area contributed by atoms with Crippen molar-refractivity contribution in [3.63, 3.8) is 0 Å². The second-order valence-electron chi connectivity index (χ2n) is 6.09. The van der Waals surface area contributed by atoms with E-state index in [0.717, 1.165) is 11.8 Å². The number of benzene rings is 2. The monoisotopic (exact) mass is 398 g/mol. The Kier molecular flexibility index (Phi) is 6.37. The largest absolute Gasteiger partial charge is 0.435 e. The van der Waals surface area contributed by atoms with Crippen LogP contribution < -0.4 is 9.46 Å². The number of nitrogens with one attached hydrogen (secondary N) is 1. The summed E-state index contributed by atoms with van der Waals surface area (Å²) in [6, 6.07) is 10.7. The van der Waals surface area contributed by atoms with Gasteiger partial charge in [0.2, 0.25) is 10.0 Å². The summed E-state index contributed by atoms with van der Waals surface area (Å²) in [6.45, 7) is -0.915. The molecule has 0 bridgehead atoms. The Labute approximate surface area is 156 Å². The summed E-state index contributed by atoms with van der Waals surface area (Å²) in [5, 5.41) is 0. The molecule has 0 heterocycles. The number of hydrogen-bond donors (Lipinski definition) is 1. The van der Waals surface area contributed by atoms with Gasteiger partial charge in [0, 0.05) is 19.2 Å².